The normalized spacial score (nSPS) is 10.3. The maximum Gasteiger partial charge on any atom is 0.248 e. The van der Waals surface area contributed by atoms with Crippen molar-refractivity contribution in [3.8, 4) is 0 Å². The molecule has 0 saturated carbocycles. The SMILES string of the molecule is CCCCCSc1ccc(C(N)=O)cc1N. The fourth-order valence-electron chi connectivity index (χ4n) is 1.37. The van der Waals surface area contributed by atoms with Crippen LogP contribution in [0.15, 0.2) is 23.1 Å². The Bertz CT molecular complexity index is 366. The smallest absolute Gasteiger partial charge is 0.248 e. The molecule has 4 N–H and O–H groups in total. The Morgan fingerprint density at radius 2 is 2.12 bits per heavy atom. The largest absolute Gasteiger partial charge is 0.398 e. The van der Waals surface area contributed by atoms with Gasteiger partial charge in [-0.05, 0) is 30.4 Å². The van der Waals surface area contributed by atoms with E-state index in [-0.39, 0.29) is 0 Å². The van der Waals surface area contributed by atoms with Crippen LogP contribution in [0.1, 0.15) is 36.5 Å². The second kappa shape index (κ2) is 6.43. The maximum absolute atomic E-state index is 10.9. The van der Waals surface area contributed by atoms with Crippen LogP contribution in [0.4, 0.5) is 5.69 Å². The van der Waals surface area contributed by atoms with E-state index in [1.165, 1.54) is 19.3 Å². The van der Waals surface area contributed by atoms with Crippen molar-refractivity contribution in [3.05, 3.63) is 23.8 Å². The van der Waals surface area contributed by atoms with E-state index in [1.807, 2.05) is 6.07 Å². The van der Waals surface area contributed by atoms with Crippen molar-refractivity contribution in [2.75, 3.05) is 11.5 Å². The molecule has 4 heteroatoms. The van der Waals surface area contributed by atoms with Crippen LogP contribution in [0.25, 0.3) is 0 Å². The topological polar surface area (TPSA) is 69.1 Å². The fraction of sp³-hybridized carbons (Fsp3) is 0.417. The van der Waals surface area contributed by atoms with Gasteiger partial charge in [0, 0.05) is 16.1 Å². The first-order valence-electron chi connectivity index (χ1n) is 5.47. The second-order valence-corrected chi connectivity index (χ2v) is 4.81. The Balaban J connectivity index is 2.57. The number of primary amides is 1. The number of unbranched alkanes of at least 4 members (excludes halogenated alkanes) is 2. The zero-order chi connectivity index (χ0) is 12.0. The van der Waals surface area contributed by atoms with Crippen LogP contribution in [-0.4, -0.2) is 11.7 Å². The van der Waals surface area contributed by atoms with Crippen LogP contribution in [0.3, 0.4) is 0 Å². The van der Waals surface area contributed by atoms with E-state index < -0.39 is 5.91 Å². The summed E-state index contributed by atoms with van der Waals surface area (Å²) >= 11 is 1.73. The van der Waals surface area contributed by atoms with Gasteiger partial charge in [-0.15, -0.1) is 11.8 Å². The Morgan fingerprint density at radius 3 is 2.69 bits per heavy atom. The molecule has 0 saturated heterocycles. The number of anilines is 1. The Kier molecular flexibility index (Phi) is 5.19. The highest BCUT2D eigenvalue weighted by Gasteiger charge is 2.04. The van der Waals surface area contributed by atoms with Crippen molar-refractivity contribution in [1.29, 1.82) is 0 Å². The third-order valence-corrected chi connectivity index (χ3v) is 3.48. The molecule has 1 aromatic rings. The zero-order valence-corrected chi connectivity index (χ0v) is 10.3. The summed E-state index contributed by atoms with van der Waals surface area (Å²) in [5.74, 6) is 0.628. The molecule has 0 radical (unpaired) electrons. The number of hydrogen-bond donors (Lipinski definition) is 2. The molecular formula is C12H18N2OS. The molecule has 0 aliphatic carbocycles. The minimum Gasteiger partial charge on any atom is -0.398 e. The first-order chi connectivity index (χ1) is 7.65. The molecule has 0 heterocycles. The number of amides is 1. The van der Waals surface area contributed by atoms with Gasteiger partial charge in [-0.3, -0.25) is 4.79 Å². The summed E-state index contributed by atoms with van der Waals surface area (Å²) in [4.78, 5) is 12.0. The van der Waals surface area contributed by atoms with Crippen molar-refractivity contribution in [3.63, 3.8) is 0 Å². The number of carbonyl (C=O) groups is 1. The molecule has 0 spiro atoms. The number of nitrogens with two attached hydrogens (primary N) is 2. The number of benzene rings is 1. The maximum atomic E-state index is 10.9. The third kappa shape index (κ3) is 3.77. The molecule has 0 fully saturated rings. The lowest BCUT2D eigenvalue weighted by molar-refractivity contribution is 0.100. The molecule has 0 unspecified atom stereocenters. The van der Waals surface area contributed by atoms with Gasteiger partial charge in [0.1, 0.15) is 0 Å². The molecule has 1 aromatic carbocycles. The van der Waals surface area contributed by atoms with E-state index in [2.05, 4.69) is 6.92 Å². The summed E-state index contributed by atoms with van der Waals surface area (Å²) in [6.07, 6.45) is 3.65. The summed E-state index contributed by atoms with van der Waals surface area (Å²) in [5.41, 5.74) is 12.1. The lowest BCUT2D eigenvalue weighted by Crippen LogP contribution is -2.11. The molecule has 1 amide bonds. The summed E-state index contributed by atoms with van der Waals surface area (Å²) in [5, 5.41) is 0. The molecule has 0 bridgehead atoms. The number of hydrogen-bond acceptors (Lipinski definition) is 3. The van der Waals surface area contributed by atoms with Crippen molar-refractivity contribution < 1.29 is 4.79 Å². The highest BCUT2D eigenvalue weighted by molar-refractivity contribution is 7.99. The quantitative estimate of drug-likeness (QED) is 0.455. The average Bonchev–Trinajstić information content (AvgIpc) is 2.26. The summed E-state index contributed by atoms with van der Waals surface area (Å²) < 4.78 is 0. The molecule has 16 heavy (non-hydrogen) atoms. The van der Waals surface area contributed by atoms with Gasteiger partial charge in [0.05, 0.1) is 0 Å². The Morgan fingerprint density at radius 1 is 1.38 bits per heavy atom. The first kappa shape index (κ1) is 12.9. The van der Waals surface area contributed by atoms with Crippen LogP contribution >= 0.6 is 11.8 Å². The van der Waals surface area contributed by atoms with E-state index in [4.69, 9.17) is 11.5 Å². The second-order valence-electron chi connectivity index (χ2n) is 3.67. The first-order valence-corrected chi connectivity index (χ1v) is 6.46. The van der Waals surface area contributed by atoms with Gasteiger partial charge in [-0.2, -0.15) is 0 Å². The molecule has 3 nitrogen and oxygen atoms in total. The molecule has 1 rings (SSSR count). The fourth-order valence-corrected chi connectivity index (χ4v) is 2.33. The summed E-state index contributed by atoms with van der Waals surface area (Å²) in [6.45, 7) is 2.18. The van der Waals surface area contributed by atoms with Crippen molar-refractivity contribution in [1.82, 2.24) is 0 Å². The van der Waals surface area contributed by atoms with Crippen LogP contribution in [0.5, 0.6) is 0 Å². The van der Waals surface area contributed by atoms with Crippen LogP contribution < -0.4 is 11.5 Å². The lowest BCUT2D eigenvalue weighted by Gasteiger charge is -2.06. The van der Waals surface area contributed by atoms with Gasteiger partial charge in [0.15, 0.2) is 0 Å². The summed E-state index contributed by atoms with van der Waals surface area (Å²) in [7, 11) is 0. The molecule has 0 aliphatic rings. The minimum atomic E-state index is -0.436. The predicted octanol–water partition coefficient (Wildman–Crippen LogP) is 2.65. The van der Waals surface area contributed by atoms with E-state index in [9.17, 15) is 4.79 Å². The van der Waals surface area contributed by atoms with Crippen molar-refractivity contribution in [2.24, 2.45) is 5.73 Å². The Hall–Kier alpha value is -1.16. The monoisotopic (exact) mass is 238 g/mol. The number of rotatable bonds is 6. The summed E-state index contributed by atoms with van der Waals surface area (Å²) in [6, 6.07) is 5.23. The van der Waals surface area contributed by atoms with E-state index in [0.29, 0.717) is 11.3 Å². The third-order valence-electron chi connectivity index (χ3n) is 2.30. The highest BCUT2D eigenvalue weighted by Crippen LogP contribution is 2.26. The van der Waals surface area contributed by atoms with Crippen molar-refractivity contribution in [2.45, 2.75) is 31.1 Å². The highest BCUT2D eigenvalue weighted by atomic mass is 32.2. The van der Waals surface area contributed by atoms with Crippen LogP contribution in [0.2, 0.25) is 0 Å². The molecule has 0 atom stereocenters. The molecule has 88 valence electrons. The Labute approximate surface area is 101 Å². The van der Waals surface area contributed by atoms with Gasteiger partial charge < -0.3 is 11.5 Å². The number of nitrogen functional groups attached to an aromatic ring is 1. The number of carbonyl (C=O) groups excluding carboxylic acids is 1. The average molecular weight is 238 g/mol. The van der Waals surface area contributed by atoms with Crippen molar-refractivity contribution >= 4 is 23.4 Å². The van der Waals surface area contributed by atoms with Crippen LogP contribution in [0, 0.1) is 0 Å². The van der Waals surface area contributed by atoms with E-state index >= 15 is 0 Å². The molecular weight excluding hydrogens is 220 g/mol. The van der Waals surface area contributed by atoms with Gasteiger partial charge >= 0.3 is 0 Å². The van der Waals surface area contributed by atoms with E-state index in [0.717, 1.165) is 10.6 Å². The standard InChI is InChI=1S/C12H18N2OS/c1-2-3-4-7-16-11-6-5-9(12(14)15)8-10(11)13/h5-6,8H,2-4,7,13H2,1H3,(H2,14,15). The lowest BCUT2D eigenvalue weighted by atomic mass is 10.2. The van der Waals surface area contributed by atoms with Gasteiger partial charge in [0.2, 0.25) is 5.91 Å². The molecule has 0 aliphatic heterocycles. The van der Waals surface area contributed by atoms with Crippen LogP contribution in [-0.2, 0) is 0 Å². The van der Waals surface area contributed by atoms with Gasteiger partial charge in [-0.1, -0.05) is 19.8 Å². The zero-order valence-electron chi connectivity index (χ0n) is 9.53. The molecule has 0 aromatic heterocycles. The predicted molar refractivity (Wildman–Crippen MR) is 69.6 cm³/mol. The van der Waals surface area contributed by atoms with E-state index in [1.54, 1.807) is 23.9 Å². The minimum absolute atomic E-state index is 0.436. The van der Waals surface area contributed by atoms with Gasteiger partial charge in [-0.25, -0.2) is 0 Å². The number of thioether (sulfide) groups is 1. The van der Waals surface area contributed by atoms with Gasteiger partial charge in [0.25, 0.3) is 0 Å².